The fraction of sp³-hybridized carbons (Fsp3) is 0.944. The lowest BCUT2D eigenvalue weighted by Gasteiger charge is -2.45. The lowest BCUT2D eigenvalue weighted by Crippen LogP contribution is -2.65. The largest absolute Gasteiger partial charge is 0.479 e. The predicted molar refractivity (Wildman–Crippen MR) is 140 cm³/mol. The Morgan fingerprint density at radius 2 is 1.33 bits per heavy atom. The van der Waals surface area contributed by atoms with E-state index < -0.39 is 135 Å². The van der Waals surface area contributed by atoms with E-state index in [0.717, 1.165) is 7.11 Å². The molecule has 2 saturated heterocycles. The zero-order valence-corrected chi connectivity index (χ0v) is 26.4. The molecule has 7 N–H and O–H groups in total. The summed E-state index contributed by atoms with van der Waals surface area (Å²) in [6, 6.07) is -1.93. The maximum atomic E-state index is 11.8. The highest BCUT2D eigenvalue weighted by Gasteiger charge is 2.52. The van der Waals surface area contributed by atoms with Crippen molar-refractivity contribution in [2.24, 2.45) is 11.8 Å². The van der Waals surface area contributed by atoms with Crippen LogP contribution in [0.5, 0.6) is 0 Å². The number of rotatable bonds is 17. The normalized spacial score (nSPS) is 33.6. The predicted octanol–water partition coefficient (Wildman–Crippen LogP) is -3.77. The van der Waals surface area contributed by atoms with Gasteiger partial charge in [-0.15, -0.1) is 0 Å². The third-order valence-corrected chi connectivity index (χ3v) is 8.56. The molecule has 0 aromatic rings. The van der Waals surface area contributed by atoms with Crippen molar-refractivity contribution in [3.05, 3.63) is 0 Å². The van der Waals surface area contributed by atoms with Gasteiger partial charge in [0.25, 0.3) is 0 Å². The number of carboxylic acid groups (broad SMARTS) is 1. The lowest BCUT2D eigenvalue weighted by molar-refractivity contribution is -0.221. The number of methoxy groups -OCH3 is 1. The van der Waals surface area contributed by atoms with Crippen molar-refractivity contribution in [3.63, 3.8) is 0 Å². The van der Waals surface area contributed by atoms with E-state index in [1.807, 2.05) is 0 Å². The van der Waals surface area contributed by atoms with Crippen molar-refractivity contribution < 1.29 is 98.4 Å². The van der Waals surface area contributed by atoms with Gasteiger partial charge in [-0.25, -0.2) is 17.3 Å². The molecular formula is C18H33NO22S4. The van der Waals surface area contributed by atoms with Crippen molar-refractivity contribution >= 4 is 47.5 Å². The van der Waals surface area contributed by atoms with Crippen LogP contribution in [0.3, 0.4) is 0 Å². The van der Waals surface area contributed by atoms with Gasteiger partial charge in [0.1, 0.15) is 24.4 Å². The van der Waals surface area contributed by atoms with Crippen LogP contribution in [-0.4, -0.2) is 150 Å². The lowest BCUT2D eigenvalue weighted by atomic mass is 9.84. The van der Waals surface area contributed by atoms with Gasteiger partial charge >= 0.3 is 47.5 Å². The van der Waals surface area contributed by atoms with Crippen LogP contribution in [0, 0.1) is 11.8 Å². The van der Waals surface area contributed by atoms with E-state index in [0.29, 0.717) is 0 Å². The summed E-state index contributed by atoms with van der Waals surface area (Å²) >= 11 is 0. The number of hydrogen-bond donors (Lipinski definition) is 7. The quantitative estimate of drug-likeness (QED) is 0.0703. The van der Waals surface area contributed by atoms with Gasteiger partial charge in [-0.05, 0) is 6.42 Å². The molecule has 2 aliphatic heterocycles. The molecule has 10 unspecified atom stereocenters. The van der Waals surface area contributed by atoms with E-state index in [9.17, 15) is 62.3 Å². The van der Waals surface area contributed by atoms with Gasteiger partial charge < -0.3 is 29.2 Å². The van der Waals surface area contributed by atoms with E-state index in [2.05, 4.69) is 12.5 Å². The van der Waals surface area contributed by atoms with Gasteiger partial charge in [0, 0.05) is 18.9 Å². The minimum atomic E-state index is -5.47. The average molecular weight is 744 g/mol. The summed E-state index contributed by atoms with van der Waals surface area (Å²) in [4.78, 5) is 11.8. The van der Waals surface area contributed by atoms with Crippen molar-refractivity contribution in [1.29, 1.82) is 0 Å². The Morgan fingerprint density at radius 1 is 0.756 bits per heavy atom. The Balaban J connectivity index is 2.49. The molecule has 266 valence electrons. The minimum Gasteiger partial charge on any atom is -0.479 e. The van der Waals surface area contributed by atoms with Crippen molar-refractivity contribution in [3.8, 4) is 0 Å². The maximum Gasteiger partial charge on any atom is 0.397 e. The number of carbonyl (C=O) groups is 1. The third kappa shape index (κ3) is 12.7. The standard InChI is InChI=1S/C18H33NO22S4/c1-3-8-14(20)17(41-45(32,33)34)12(39-16(8)18(21)22)6-36-4-9-10(7-37-43(26,27)28)38-11(5-35-2)13(19-42(23,24)25)15(9)40-44(29,30)31/h8-17,19-20H,3-7H2,1-2H3,(H,21,22)(H,23,24,25)(H,26,27,28)(H,29,30,31)(H,32,33,34). The maximum absolute atomic E-state index is 11.8. The second kappa shape index (κ2) is 15.8. The molecule has 0 aromatic carbocycles. The molecular weight excluding hydrogens is 710 g/mol. The summed E-state index contributed by atoms with van der Waals surface area (Å²) in [5.41, 5.74) is 0. The van der Waals surface area contributed by atoms with E-state index in [4.69, 9.17) is 23.5 Å². The summed E-state index contributed by atoms with van der Waals surface area (Å²) in [5.74, 6) is -4.55. The topological polar surface area (TPSA) is 352 Å². The molecule has 0 amide bonds. The number of aliphatic hydroxyl groups excluding tert-OH is 1. The number of ether oxygens (including phenoxy) is 4. The van der Waals surface area contributed by atoms with E-state index >= 15 is 0 Å². The molecule has 0 spiro atoms. The zero-order chi connectivity index (χ0) is 34.5. The number of hydrogen-bond acceptors (Lipinski definition) is 17. The first-order valence-electron chi connectivity index (χ1n) is 12.4. The van der Waals surface area contributed by atoms with Gasteiger partial charge in [-0.2, -0.15) is 38.4 Å². The van der Waals surface area contributed by atoms with E-state index in [1.165, 1.54) is 6.92 Å². The summed E-state index contributed by atoms with van der Waals surface area (Å²) in [5, 5.41) is 20.2. The summed E-state index contributed by atoms with van der Waals surface area (Å²) < 4.78 is 166. The summed E-state index contributed by atoms with van der Waals surface area (Å²) in [6.45, 7) is -2.09. The molecule has 0 saturated carbocycles. The van der Waals surface area contributed by atoms with Crippen LogP contribution in [-0.2, 0) is 77.8 Å². The second-order valence-electron chi connectivity index (χ2n) is 9.67. The van der Waals surface area contributed by atoms with Crippen molar-refractivity contribution in [1.82, 2.24) is 4.72 Å². The van der Waals surface area contributed by atoms with Crippen molar-refractivity contribution in [2.75, 3.05) is 33.5 Å². The molecule has 2 aliphatic rings. The Hall–Kier alpha value is -1.25. The van der Waals surface area contributed by atoms with Gasteiger partial charge in [-0.1, -0.05) is 6.92 Å². The summed E-state index contributed by atoms with van der Waals surface area (Å²) in [7, 11) is -20.0. The molecule has 23 nitrogen and oxygen atoms in total. The molecule has 2 heterocycles. The molecule has 0 aliphatic carbocycles. The van der Waals surface area contributed by atoms with Gasteiger partial charge in [0.2, 0.25) is 0 Å². The highest BCUT2D eigenvalue weighted by molar-refractivity contribution is 7.83. The fourth-order valence-corrected chi connectivity index (χ4v) is 6.93. The van der Waals surface area contributed by atoms with Crippen LogP contribution in [0.1, 0.15) is 13.3 Å². The Labute approximate surface area is 257 Å². The first-order valence-corrected chi connectivity index (χ1v) is 18.0. The number of aliphatic carboxylic acids is 1. The SMILES string of the molecule is CCC1C(C(=O)O)OC(COCC2C(COS(=O)(=O)O)OC(COC)C(NS(=O)(=O)O)C2OS(=O)(=O)O)C(OS(=O)(=O)O)C1O. The molecule has 10 atom stereocenters. The molecule has 0 radical (unpaired) electrons. The van der Waals surface area contributed by atoms with Crippen LogP contribution < -0.4 is 4.72 Å². The smallest absolute Gasteiger partial charge is 0.397 e. The second-order valence-corrected chi connectivity index (χ2v) is 14.0. The van der Waals surface area contributed by atoms with Crippen LogP contribution in [0.2, 0.25) is 0 Å². The summed E-state index contributed by atoms with van der Waals surface area (Å²) in [6.07, 6.45) is -12.9. The molecule has 0 aromatic heterocycles. The third-order valence-electron chi connectivity index (χ3n) is 6.63. The zero-order valence-electron chi connectivity index (χ0n) is 23.2. The van der Waals surface area contributed by atoms with Crippen LogP contribution >= 0.6 is 0 Å². The van der Waals surface area contributed by atoms with E-state index in [-0.39, 0.29) is 6.42 Å². The van der Waals surface area contributed by atoms with Gasteiger partial charge in [0.05, 0.1) is 44.7 Å². The molecule has 0 bridgehead atoms. The monoisotopic (exact) mass is 743 g/mol. The Kier molecular flexibility index (Phi) is 14.0. The first-order chi connectivity index (χ1) is 20.5. The minimum absolute atomic E-state index is 0.0641. The van der Waals surface area contributed by atoms with Gasteiger partial charge in [0.15, 0.2) is 6.10 Å². The number of aliphatic hydroxyl groups is 1. The molecule has 2 rings (SSSR count). The average Bonchev–Trinajstić information content (AvgIpc) is 2.85. The Bertz CT molecular complexity index is 1430. The van der Waals surface area contributed by atoms with Crippen LogP contribution in [0.4, 0.5) is 0 Å². The van der Waals surface area contributed by atoms with Gasteiger partial charge in [-0.3, -0.25) is 18.2 Å². The number of nitrogens with one attached hydrogen (secondary N) is 1. The first kappa shape index (κ1) is 39.9. The highest BCUT2D eigenvalue weighted by Crippen LogP contribution is 2.34. The van der Waals surface area contributed by atoms with Crippen LogP contribution in [0.15, 0.2) is 0 Å². The molecule has 2 fully saturated rings. The Morgan fingerprint density at radius 3 is 1.80 bits per heavy atom. The fourth-order valence-electron chi connectivity index (χ4n) is 4.93. The van der Waals surface area contributed by atoms with Crippen molar-refractivity contribution in [2.45, 2.75) is 62.1 Å². The molecule has 45 heavy (non-hydrogen) atoms. The number of carboxylic acids is 1. The van der Waals surface area contributed by atoms with Crippen LogP contribution in [0.25, 0.3) is 0 Å². The van der Waals surface area contributed by atoms with E-state index in [1.54, 1.807) is 4.72 Å². The molecule has 27 heteroatoms. The highest BCUT2D eigenvalue weighted by atomic mass is 32.3.